The summed E-state index contributed by atoms with van der Waals surface area (Å²) in [6, 6.07) is 15.5. The van der Waals surface area contributed by atoms with Crippen molar-refractivity contribution in [2.75, 3.05) is 0 Å². The zero-order valence-corrected chi connectivity index (χ0v) is 10.4. The maximum atomic E-state index is 11.8. The van der Waals surface area contributed by atoms with Gasteiger partial charge in [-0.15, -0.1) is 0 Å². The maximum Gasteiger partial charge on any atom is 0.203 e. The Kier molecular flexibility index (Phi) is 4.08. The van der Waals surface area contributed by atoms with Crippen LogP contribution < -0.4 is 0 Å². The fourth-order valence-corrected chi connectivity index (χ4v) is 1.78. The van der Waals surface area contributed by atoms with Gasteiger partial charge >= 0.3 is 0 Å². The molecule has 3 nitrogen and oxygen atoms in total. The van der Waals surface area contributed by atoms with Crippen molar-refractivity contribution in [1.82, 2.24) is 0 Å². The highest BCUT2D eigenvalue weighted by Crippen LogP contribution is 2.11. The van der Waals surface area contributed by atoms with Crippen LogP contribution in [0.2, 0.25) is 0 Å². The van der Waals surface area contributed by atoms with E-state index in [1.807, 2.05) is 30.3 Å². The van der Waals surface area contributed by atoms with Crippen LogP contribution in [0.1, 0.15) is 11.1 Å². The van der Waals surface area contributed by atoms with Gasteiger partial charge in [0.1, 0.15) is 5.75 Å². The van der Waals surface area contributed by atoms with E-state index in [0.717, 1.165) is 11.1 Å². The van der Waals surface area contributed by atoms with Crippen molar-refractivity contribution in [3.63, 3.8) is 0 Å². The molecule has 2 rings (SSSR count). The number of Topliss-reactive ketones (excluding diaryl/α,β-unsaturated/α-hetero) is 2. The molecule has 0 unspecified atom stereocenters. The van der Waals surface area contributed by atoms with Gasteiger partial charge in [0.25, 0.3) is 0 Å². The zero-order chi connectivity index (χ0) is 13.7. The zero-order valence-electron chi connectivity index (χ0n) is 10.4. The van der Waals surface area contributed by atoms with E-state index in [9.17, 15) is 9.59 Å². The number of carbonyl (C=O) groups excluding carboxylic acids is 2. The van der Waals surface area contributed by atoms with Crippen LogP contribution in [-0.4, -0.2) is 16.7 Å². The highest BCUT2D eigenvalue weighted by atomic mass is 16.3. The van der Waals surface area contributed by atoms with Crippen LogP contribution in [0.3, 0.4) is 0 Å². The number of carbonyl (C=O) groups is 2. The summed E-state index contributed by atoms with van der Waals surface area (Å²) in [6.45, 7) is 0. The number of benzene rings is 2. The second-order valence-corrected chi connectivity index (χ2v) is 4.35. The molecule has 1 N–H and O–H groups in total. The minimum Gasteiger partial charge on any atom is -0.508 e. The predicted molar refractivity (Wildman–Crippen MR) is 72.0 cm³/mol. The SMILES string of the molecule is O=C(Cc1ccccc1)C(=O)Cc1ccc(O)cc1. The lowest BCUT2D eigenvalue weighted by atomic mass is 10.0. The van der Waals surface area contributed by atoms with Gasteiger partial charge in [0, 0.05) is 12.8 Å². The molecule has 3 heteroatoms. The molecule has 0 atom stereocenters. The average Bonchev–Trinajstić information content (AvgIpc) is 2.42. The molecule has 0 aliphatic carbocycles. The number of hydrogen-bond donors (Lipinski definition) is 1. The molecule has 96 valence electrons. The molecule has 2 aromatic rings. The van der Waals surface area contributed by atoms with E-state index < -0.39 is 5.78 Å². The monoisotopic (exact) mass is 254 g/mol. The third kappa shape index (κ3) is 3.78. The summed E-state index contributed by atoms with van der Waals surface area (Å²) >= 11 is 0. The third-order valence-electron chi connectivity index (χ3n) is 2.82. The number of hydrogen-bond acceptors (Lipinski definition) is 3. The van der Waals surface area contributed by atoms with Gasteiger partial charge in [0.2, 0.25) is 11.6 Å². The molecular formula is C16H14O3. The van der Waals surface area contributed by atoms with E-state index in [0.29, 0.717) is 0 Å². The van der Waals surface area contributed by atoms with Gasteiger partial charge in [-0.25, -0.2) is 0 Å². The van der Waals surface area contributed by atoms with Crippen molar-refractivity contribution in [3.05, 3.63) is 65.7 Å². The Balaban J connectivity index is 1.96. The van der Waals surface area contributed by atoms with Crippen LogP contribution in [0.15, 0.2) is 54.6 Å². The molecule has 0 aliphatic rings. The maximum absolute atomic E-state index is 11.8. The summed E-state index contributed by atoms with van der Waals surface area (Å²) in [4.78, 5) is 23.6. The fourth-order valence-electron chi connectivity index (χ4n) is 1.78. The van der Waals surface area contributed by atoms with Crippen LogP contribution in [-0.2, 0) is 22.4 Å². The number of ketones is 2. The van der Waals surface area contributed by atoms with Crippen LogP contribution in [0, 0.1) is 0 Å². The van der Waals surface area contributed by atoms with Crippen molar-refractivity contribution in [3.8, 4) is 5.75 Å². The summed E-state index contributed by atoms with van der Waals surface area (Å²) in [7, 11) is 0. The van der Waals surface area contributed by atoms with Crippen LogP contribution in [0.25, 0.3) is 0 Å². The fraction of sp³-hybridized carbons (Fsp3) is 0.125. The Morgan fingerprint density at radius 3 is 1.74 bits per heavy atom. The predicted octanol–water partition coefficient (Wildman–Crippen LogP) is 2.32. The molecule has 0 saturated heterocycles. The van der Waals surface area contributed by atoms with Gasteiger partial charge in [-0.1, -0.05) is 42.5 Å². The Morgan fingerprint density at radius 1 is 0.737 bits per heavy atom. The van der Waals surface area contributed by atoms with E-state index >= 15 is 0 Å². The molecule has 0 heterocycles. The molecule has 0 radical (unpaired) electrons. The highest BCUT2D eigenvalue weighted by Gasteiger charge is 2.14. The van der Waals surface area contributed by atoms with Gasteiger partial charge in [0.15, 0.2) is 0 Å². The largest absolute Gasteiger partial charge is 0.508 e. The van der Waals surface area contributed by atoms with Crippen molar-refractivity contribution in [1.29, 1.82) is 0 Å². The molecular weight excluding hydrogens is 240 g/mol. The Bertz CT molecular complexity index is 571. The van der Waals surface area contributed by atoms with E-state index in [2.05, 4.69) is 0 Å². The molecule has 0 bridgehead atoms. The van der Waals surface area contributed by atoms with Gasteiger partial charge in [-0.2, -0.15) is 0 Å². The summed E-state index contributed by atoms with van der Waals surface area (Å²) in [5.74, 6) is -0.652. The number of rotatable bonds is 5. The van der Waals surface area contributed by atoms with E-state index in [4.69, 9.17) is 5.11 Å². The molecule has 0 saturated carbocycles. The Morgan fingerprint density at radius 2 is 1.21 bits per heavy atom. The Labute approximate surface area is 111 Å². The smallest absolute Gasteiger partial charge is 0.203 e. The minimum absolute atomic E-state index is 0.0753. The second kappa shape index (κ2) is 5.96. The molecule has 0 amide bonds. The lowest BCUT2D eigenvalue weighted by molar-refractivity contribution is -0.135. The van der Waals surface area contributed by atoms with Crippen molar-refractivity contribution in [2.24, 2.45) is 0 Å². The first kappa shape index (κ1) is 13.0. The van der Waals surface area contributed by atoms with Crippen molar-refractivity contribution in [2.45, 2.75) is 12.8 Å². The first-order valence-corrected chi connectivity index (χ1v) is 6.03. The minimum atomic E-state index is -0.408. The van der Waals surface area contributed by atoms with E-state index in [1.54, 1.807) is 12.1 Å². The van der Waals surface area contributed by atoms with Gasteiger partial charge < -0.3 is 5.11 Å². The van der Waals surface area contributed by atoms with Crippen LogP contribution >= 0.6 is 0 Å². The van der Waals surface area contributed by atoms with Crippen molar-refractivity contribution < 1.29 is 14.7 Å². The van der Waals surface area contributed by atoms with Gasteiger partial charge in [-0.05, 0) is 23.3 Å². The topological polar surface area (TPSA) is 54.4 Å². The first-order valence-electron chi connectivity index (χ1n) is 6.03. The standard InChI is InChI=1S/C16H14O3/c17-14-8-6-13(7-9-14)11-16(19)15(18)10-12-4-2-1-3-5-12/h1-9,17H,10-11H2. The highest BCUT2D eigenvalue weighted by molar-refractivity contribution is 6.38. The molecule has 0 aromatic heterocycles. The lowest BCUT2D eigenvalue weighted by Crippen LogP contribution is -2.18. The first-order chi connectivity index (χ1) is 9.15. The van der Waals surface area contributed by atoms with E-state index in [1.165, 1.54) is 12.1 Å². The summed E-state index contributed by atoms with van der Waals surface area (Å²) < 4.78 is 0. The van der Waals surface area contributed by atoms with Gasteiger partial charge in [0.05, 0.1) is 0 Å². The Hall–Kier alpha value is -2.42. The average molecular weight is 254 g/mol. The van der Waals surface area contributed by atoms with Crippen molar-refractivity contribution >= 4 is 11.6 Å². The van der Waals surface area contributed by atoms with Gasteiger partial charge in [-0.3, -0.25) is 9.59 Å². The normalized spacial score (nSPS) is 10.1. The van der Waals surface area contributed by atoms with E-state index in [-0.39, 0.29) is 24.4 Å². The number of phenols is 1. The quantitative estimate of drug-likeness (QED) is 0.833. The molecule has 0 fully saturated rings. The summed E-state index contributed by atoms with van der Waals surface area (Å²) in [5.41, 5.74) is 1.57. The molecule has 2 aromatic carbocycles. The van der Waals surface area contributed by atoms with Crippen LogP contribution in [0.4, 0.5) is 0 Å². The third-order valence-corrected chi connectivity index (χ3v) is 2.82. The second-order valence-electron chi connectivity index (χ2n) is 4.35. The molecule has 19 heavy (non-hydrogen) atoms. The van der Waals surface area contributed by atoms with Crippen LogP contribution in [0.5, 0.6) is 5.75 Å². The molecule has 0 spiro atoms. The lowest BCUT2D eigenvalue weighted by Gasteiger charge is -2.02. The number of aromatic hydroxyl groups is 1. The number of phenolic OH excluding ortho intramolecular Hbond substituents is 1. The summed E-state index contributed by atoms with van der Waals surface area (Å²) in [6.07, 6.45) is 0.212. The summed E-state index contributed by atoms with van der Waals surface area (Å²) in [5, 5.41) is 9.14. The molecule has 0 aliphatic heterocycles.